The van der Waals surface area contributed by atoms with Gasteiger partial charge in [-0.05, 0) is 37.1 Å². The minimum Gasteiger partial charge on any atom is -0.497 e. The lowest BCUT2D eigenvalue weighted by Gasteiger charge is -2.15. The highest BCUT2D eigenvalue weighted by molar-refractivity contribution is 14.0. The van der Waals surface area contributed by atoms with Crippen LogP contribution in [0.3, 0.4) is 0 Å². The molecule has 2 aromatic rings. The van der Waals surface area contributed by atoms with E-state index in [1.807, 2.05) is 43.3 Å². The number of methoxy groups -OCH3 is 2. The monoisotopic (exact) mass is 558 g/mol. The molecule has 178 valence electrons. The Hall–Kier alpha value is -2.11. The van der Waals surface area contributed by atoms with Crippen LogP contribution in [0, 0.1) is 0 Å². The van der Waals surface area contributed by atoms with E-state index in [1.165, 1.54) is 0 Å². The van der Waals surface area contributed by atoms with Crippen LogP contribution in [0.1, 0.15) is 24.5 Å². The van der Waals surface area contributed by atoms with Crippen molar-refractivity contribution in [3.63, 3.8) is 0 Å². The Kier molecular flexibility index (Phi) is 15.2. The van der Waals surface area contributed by atoms with Gasteiger partial charge in [-0.15, -0.1) is 24.0 Å². The normalized spacial score (nSPS) is 10.9. The Morgan fingerprint density at radius 1 is 1.03 bits per heavy atom. The number of hydrogen-bond donors (Lipinski definition) is 2. The lowest BCUT2D eigenvalue weighted by Crippen LogP contribution is -2.38. The number of rotatable bonds is 14. The predicted octanol–water partition coefficient (Wildman–Crippen LogP) is 3.40. The molecule has 0 saturated heterocycles. The first-order valence-electron chi connectivity index (χ1n) is 10.5. The van der Waals surface area contributed by atoms with Crippen molar-refractivity contribution in [2.75, 3.05) is 47.2 Å². The zero-order valence-corrected chi connectivity index (χ0v) is 21.5. The number of pyridine rings is 1. The quantitative estimate of drug-likeness (QED) is 0.159. The maximum absolute atomic E-state index is 5.72. The minimum atomic E-state index is 0. The van der Waals surface area contributed by atoms with E-state index >= 15 is 0 Å². The first-order valence-corrected chi connectivity index (χ1v) is 10.5. The second-order valence-electron chi connectivity index (χ2n) is 6.65. The van der Waals surface area contributed by atoms with Crippen molar-refractivity contribution in [3.05, 3.63) is 53.7 Å². The Bertz CT molecular complexity index is 775. The lowest BCUT2D eigenvalue weighted by molar-refractivity contribution is 0.143. The van der Waals surface area contributed by atoms with Gasteiger partial charge >= 0.3 is 0 Å². The first kappa shape index (κ1) is 27.9. The average Bonchev–Trinajstić information content (AvgIpc) is 2.81. The molecule has 0 bridgehead atoms. The number of halogens is 1. The molecule has 1 aromatic carbocycles. The van der Waals surface area contributed by atoms with E-state index in [9.17, 15) is 0 Å². The molecular weight excluding hydrogens is 523 g/mol. The summed E-state index contributed by atoms with van der Waals surface area (Å²) >= 11 is 0. The number of hydrogen-bond acceptors (Lipinski definition) is 6. The van der Waals surface area contributed by atoms with Gasteiger partial charge in [-0.3, -0.25) is 0 Å². The predicted molar refractivity (Wildman–Crippen MR) is 137 cm³/mol. The maximum Gasteiger partial charge on any atom is 0.218 e. The SMILES string of the molecule is CCOCCCNC(=NCc1ccc(OC)cc1)NCc1cccnc1OCCOC.I. The molecule has 0 aliphatic rings. The highest BCUT2D eigenvalue weighted by atomic mass is 127. The largest absolute Gasteiger partial charge is 0.497 e. The maximum atomic E-state index is 5.72. The average molecular weight is 558 g/mol. The van der Waals surface area contributed by atoms with Gasteiger partial charge < -0.3 is 29.6 Å². The highest BCUT2D eigenvalue weighted by Crippen LogP contribution is 2.14. The van der Waals surface area contributed by atoms with Gasteiger partial charge in [0.2, 0.25) is 5.88 Å². The summed E-state index contributed by atoms with van der Waals surface area (Å²) in [6.07, 6.45) is 2.62. The summed E-state index contributed by atoms with van der Waals surface area (Å²) in [6, 6.07) is 11.8. The first-order chi connectivity index (χ1) is 15.3. The van der Waals surface area contributed by atoms with Crippen LogP contribution in [0.25, 0.3) is 0 Å². The molecule has 0 unspecified atom stereocenters. The molecule has 1 aromatic heterocycles. The zero-order valence-electron chi connectivity index (χ0n) is 19.1. The van der Waals surface area contributed by atoms with E-state index < -0.39 is 0 Å². The molecule has 0 fully saturated rings. The van der Waals surface area contributed by atoms with Gasteiger partial charge in [0.05, 0.1) is 20.3 Å². The molecule has 2 N–H and O–H groups in total. The van der Waals surface area contributed by atoms with Crippen molar-refractivity contribution in [3.8, 4) is 11.6 Å². The van der Waals surface area contributed by atoms with Crippen molar-refractivity contribution in [1.82, 2.24) is 15.6 Å². The van der Waals surface area contributed by atoms with Crippen LogP contribution in [0.4, 0.5) is 0 Å². The molecule has 8 nitrogen and oxygen atoms in total. The summed E-state index contributed by atoms with van der Waals surface area (Å²) < 4.78 is 21.4. The third kappa shape index (κ3) is 11.0. The smallest absolute Gasteiger partial charge is 0.218 e. The van der Waals surface area contributed by atoms with Crippen molar-refractivity contribution >= 4 is 29.9 Å². The second kappa shape index (κ2) is 17.4. The molecule has 0 saturated carbocycles. The number of benzene rings is 1. The Labute approximate surface area is 208 Å². The van der Waals surface area contributed by atoms with Crippen LogP contribution in [-0.4, -0.2) is 58.1 Å². The van der Waals surface area contributed by atoms with Crippen molar-refractivity contribution in [2.24, 2.45) is 4.99 Å². The molecule has 0 aliphatic heterocycles. The Morgan fingerprint density at radius 3 is 2.56 bits per heavy atom. The summed E-state index contributed by atoms with van der Waals surface area (Å²) in [7, 11) is 3.31. The van der Waals surface area contributed by atoms with Crippen LogP contribution in [-0.2, 0) is 22.6 Å². The van der Waals surface area contributed by atoms with Crippen LogP contribution >= 0.6 is 24.0 Å². The molecule has 0 spiro atoms. The number of aromatic nitrogens is 1. The van der Waals surface area contributed by atoms with Crippen LogP contribution < -0.4 is 20.1 Å². The number of aliphatic imine (C=N–C) groups is 1. The Morgan fingerprint density at radius 2 is 1.84 bits per heavy atom. The van der Waals surface area contributed by atoms with Crippen molar-refractivity contribution in [2.45, 2.75) is 26.4 Å². The summed E-state index contributed by atoms with van der Waals surface area (Å²) in [5.41, 5.74) is 2.05. The molecule has 9 heteroatoms. The van der Waals surface area contributed by atoms with E-state index in [0.717, 1.165) is 49.0 Å². The minimum absolute atomic E-state index is 0. The summed E-state index contributed by atoms with van der Waals surface area (Å²) in [5, 5.41) is 6.74. The third-order valence-electron chi connectivity index (χ3n) is 4.36. The van der Waals surface area contributed by atoms with Crippen LogP contribution in [0.15, 0.2) is 47.6 Å². The molecular formula is C23H35IN4O4. The van der Waals surface area contributed by atoms with Gasteiger partial charge in [-0.1, -0.05) is 18.2 Å². The fraction of sp³-hybridized carbons (Fsp3) is 0.478. The van der Waals surface area contributed by atoms with Gasteiger partial charge in [0, 0.05) is 45.2 Å². The number of nitrogens with one attached hydrogen (secondary N) is 2. The topological polar surface area (TPSA) is 86.2 Å². The molecule has 0 atom stereocenters. The highest BCUT2D eigenvalue weighted by Gasteiger charge is 2.07. The fourth-order valence-corrected chi connectivity index (χ4v) is 2.69. The number of ether oxygens (including phenoxy) is 4. The fourth-order valence-electron chi connectivity index (χ4n) is 2.69. The van der Waals surface area contributed by atoms with Gasteiger partial charge in [-0.2, -0.15) is 0 Å². The molecule has 2 rings (SSSR count). The van der Waals surface area contributed by atoms with Gasteiger partial charge in [0.25, 0.3) is 0 Å². The zero-order chi connectivity index (χ0) is 22.2. The van der Waals surface area contributed by atoms with Crippen molar-refractivity contribution in [1.29, 1.82) is 0 Å². The lowest BCUT2D eigenvalue weighted by atomic mass is 10.2. The number of nitrogens with zero attached hydrogens (tertiary/aromatic N) is 2. The number of guanidine groups is 1. The van der Waals surface area contributed by atoms with Crippen LogP contribution in [0.5, 0.6) is 11.6 Å². The summed E-state index contributed by atoms with van der Waals surface area (Å²) in [5.74, 6) is 2.15. The van der Waals surface area contributed by atoms with Crippen LogP contribution in [0.2, 0.25) is 0 Å². The van der Waals surface area contributed by atoms with Gasteiger partial charge in [0.15, 0.2) is 5.96 Å². The molecule has 32 heavy (non-hydrogen) atoms. The summed E-state index contributed by atoms with van der Waals surface area (Å²) in [4.78, 5) is 9.05. The van der Waals surface area contributed by atoms with E-state index in [2.05, 4.69) is 15.6 Å². The molecule has 0 aliphatic carbocycles. The third-order valence-corrected chi connectivity index (χ3v) is 4.36. The molecule has 0 amide bonds. The van der Waals surface area contributed by atoms with E-state index in [0.29, 0.717) is 32.2 Å². The second-order valence-corrected chi connectivity index (χ2v) is 6.65. The van der Waals surface area contributed by atoms with E-state index in [-0.39, 0.29) is 24.0 Å². The standard InChI is InChI=1S/C23H34N4O4.HI/c1-4-30-14-6-13-25-23(26-17-19-8-10-21(29-3)11-9-19)27-18-20-7-5-12-24-22(20)31-16-15-28-2;/h5,7-12H,4,6,13-18H2,1-3H3,(H2,25,26,27);1H. The molecule has 0 radical (unpaired) electrons. The van der Waals surface area contributed by atoms with E-state index in [1.54, 1.807) is 20.4 Å². The van der Waals surface area contributed by atoms with Gasteiger partial charge in [-0.25, -0.2) is 9.98 Å². The van der Waals surface area contributed by atoms with Gasteiger partial charge in [0.1, 0.15) is 12.4 Å². The van der Waals surface area contributed by atoms with Crippen molar-refractivity contribution < 1.29 is 18.9 Å². The Balaban J connectivity index is 0.00000512. The van der Waals surface area contributed by atoms with E-state index in [4.69, 9.17) is 23.9 Å². The summed E-state index contributed by atoms with van der Waals surface area (Å²) in [6.45, 7) is 6.26. The molecule has 1 heterocycles.